The molecule has 29 heavy (non-hydrogen) atoms. The molecular weight excluding hydrogens is 364 g/mol. The van der Waals surface area contributed by atoms with Gasteiger partial charge in [0.1, 0.15) is 12.4 Å². The van der Waals surface area contributed by atoms with Crippen LogP contribution in [0, 0.1) is 0 Å². The number of rotatable bonds is 8. The topological polar surface area (TPSA) is 43.0 Å². The molecule has 0 bridgehead atoms. The van der Waals surface area contributed by atoms with Crippen molar-refractivity contribution in [2.45, 2.75) is 32.2 Å². The molecule has 0 saturated heterocycles. The molecule has 1 N–H and O–H groups in total. The summed E-state index contributed by atoms with van der Waals surface area (Å²) >= 11 is 0. The van der Waals surface area contributed by atoms with Crippen LogP contribution in [0.25, 0.3) is 0 Å². The summed E-state index contributed by atoms with van der Waals surface area (Å²) in [6, 6.07) is 10.9. The van der Waals surface area contributed by atoms with Gasteiger partial charge < -0.3 is 24.4 Å². The van der Waals surface area contributed by atoms with E-state index in [4.69, 9.17) is 14.2 Å². The predicted octanol–water partition coefficient (Wildman–Crippen LogP) is 4.00. The van der Waals surface area contributed by atoms with Gasteiger partial charge in [0.25, 0.3) is 0 Å². The van der Waals surface area contributed by atoms with Crippen LogP contribution < -0.4 is 19.5 Å². The van der Waals surface area contributed by atoms with Crippen LogP contribution in [-0.2, 0) is 6.42 Å². The van der Waals surface area contributed by atoms with Crippen LogP contribution in [0.2, 0.25) is 0 Å². The molecule has 0 spiro atoms. The lowest BCUT2D eigenvalue weighted by atomic mass is 9.87. The maximum atomic E-state index is 6.07. The Morgan fingerprint density at radius 3 is 2.45 bits per heavy atom. The molecule has 1 aliphatic heterocycles. The average molecular weight is 399 g/mol. The molecule has 2 aromatic rings. The molecule has 0 aliphatic carbocycles. The molecule has 1 atom stereocenters. The Bertz CT molecular complexity index is 833. The highest BCUT2D eigenvalue weighted by Gasteiger charge is 2.25. The number of hydrogen-bond donors (Lipinski definition) is 1. The second-order valence-electron chi connectivity index (χ2n) is 8.15. The van der Waals surface area contributed by atoms with Crippen LogP contribution in [0.15, 0.2) is 30.3 Å². The summed E-state index contributed by atoms with van der Waals surface area (Å²) in [5.41, 5.74) is 5.05. The second kappa shape index (κ2) is 9.51. The van der Waals surface area contributed by atoms with Gasteiger partial charge in [-0.3, -0.25) is 0 Å². The molecule has 0 fully saturated rings. The molecule has 1 heterocycles. The first-order valence-corrected chi connectivity index (χ1v) is 10.3. The van der Waals surface area contributed by atoms with Gasteiger partial charge in [-0.05, 0) is 73.0 Å². The number of likely N-dealkylation sites (N-methyl/N-ethyl adjacent to an activating group) is 1. The minimum atomic E-state index is 0.129. The number of benzene rings is 2. The normalized spacial score (nSPS) is 16.1. The van der Waals surface area contributed by atoms with Crippen molar-refractivity contribution in [3.63, 3.8) is 0 Å². The van der Waals surface area contributed by atoms with Crippen molar-refractivity contribution in [2.75, 3.05) is 48.0 Å². The third kappa shape index (κ3) is 4.85. The summed E-state index contributed by atoms with van der Waals surface area (Å²) in [5.74, 6) is 2.95. The fourth-order valence-corrected chi connectivity index (χ4v) is 3.86. The fourth-order valence-electron chi connectivity index (χ4n) is 3.86. The van der Waals surface area contributed by atoms with Gasteiger partial charge in [0.2, 0.25) is 0 Å². The third-order valence-corrected chi connectivity index (χ3v) is 5.48. The Morgan fingerprint density at radius 2 is 1.79 bits per heavy atom. The Hall–Kier alpha value is -2.24. The molecule has 0 saturated carbocycles. The lowest BCUT2D eigenvalue weighted by molar-refractivity contribution is 0.250. The standard InChI is InChI=1S/C24H34N2O3/c1-16(2)19-13-18(7-8-21(19)27-5)24-20-15-23(29-12-11-26(3)4)22(28-6)14-17(20)9-10-25-24/h7-8,13-16,24-25H,9-12H2,1-6H3. The van der Waals surface area contributed by atoms with Crippen molar-refractivity contribution < 1.29 is 14.2 Å². The number of hydrogen-bond acceptors (Lipinski definition) is 5. The van der Waals surface area contributed by atoms with E-state index in [0.717, 1.165) is 36.8 Å². The number of fused-ring (bicyclic) bond motifs is 1. The summed E-state index contributed by atoms with van der Waals surface area (Å²) in [6.07, 6.45) is 0.980. The Balaban J connectivity index is 1.97. The van der Waals surface area contributed by atoms with Crippen molar-refractivity contribution >= 4 is 0 Å². The first-order chi connectivity index (χ1) is 13.9. The summed E-state index contributed by atoms with van der Waals surface area (Å²) in [5, 5.41) is 3.69. The molecular formula is C24H34N2O3. The largest absolute Gasteiger partial charge is 0.496 e. The highest BCUT2D eigenvalue weighted by molar-refractivity contribution is 5.52. The number of nitrogens with one attached hydrogen (secondary N) is 1. The van der Waals surface area contributed by atoms with E-state index < -0.39 is 0 Å². The van der Waals surface area contributed by atoms with Gasteiger partial charge in [0.15, 0.2) is 11.5 Å². The number of methoxy groups -OCH3 is 2. The number of ether oxygens (including phenoxy) is 3. The Labute approximate surface area is 175 Å². The Morgan fingerprint density at radius 1 is 1.03 bits per heavy atom. The van der Waals surface area contributed by atoms with E-state index >= 15 is 0 Å². The highest BCUT2D eigenvalue weighted by atomic mass is 16.5. The van der Waals surface area contributed by atoms with Crippen LogP contribution in [0.1, 0.15) is 48.1 Å². The highest BCUT2D eigenvalue weighted by Crippen LogP contribution is 2.39. The minimum Gasteiger partial charge on any atom is -0.496 e. The molecule has 3 rings (SSSR count). The smallest absolute Gasteiger partial charge is 0.161 e. The fraction of sp³-hybridized carbons (Fsp3) is 0.500. The lowest BCUT2D eigenvalue weighted by Gasteiger charge is -2.29. The molecule has 2 aromatic carbocycles. The van der Waals surface area contributed by atoms with E-state index in [9.17, 15) is 0 Å². The van der Waals surface area contributed by atoms with E-state index in [1.54, 1.807) is 14.2 Å². The summed E-state index contributed by atoms with van der Waals surface area (Å²) in [6.45, 7) is 6.82. The van der Waals surface area contributed by atoms with Gasteiger partial charge in [-0.15, -0.1) is 0 Å². The van der Waals surface area contributed by atoms with Crippen LogP contribution in [-0.4, -0.2) is 52.9 Å². The van der Waals surface area contributed by atoms with Gasteiger partial charge in [0, 0.05) is 13.1 Å². The van der Waals surface area contributed by atoms with Crippen molar-refractivity contribution in [1.82, 2.24) is 10.2 Å². The molecule has 0 aromatic heterocycles. The zero-order valence-corrected chi connectivity index (χ0v) is 18.5. The van der Waals surface area contributed by atoms with Crippen LogP contribution in [0.5, 0.6) is 17.2 Å². The average Bonchev–Trinajstić information content (AvgIpc) is 2.72. The quantitative estimate of drug-likeness (QED) is 0.728. The molecule has 0 radical (unpaired) electrons. The SMILES string of the molecule is COc1cc2c(cc1OCCN(C)C)C(c1ccc(OC)c(C(C)C)c1)NCC2. The van der Waals surface area contributed by atoms with Gasteiger partial charge in [-0.25, -0.2) is 0 Å². The molecule has 1 aliphatic rings. The third-order valence-electron chi connectivity index (χ3n) is 5.48. The number of nitrogens with zero attached hydrogens (tertiary/aromatic N) is 1. The molecule has 5 heteroatoms. The lowest BCUT2D eigenvalue weighted by Crippen LogP contribution is -2.31. The van der Waals surface area contributed by atoms with E-state index in [0.29, 0.717) is 12.5 Å². The van der Waals surface area contributed by atoms with E-state index in [-0.39, 0.29) is 6.04 Å². The minimum absolute atomic E-state index is 0.129. The molecule has 1 unspecified atom stereocenters. The van der Waals surface area contributed by atoms with Gasteiger partial charge in [-0.1, -0.05) is 19.9 Å². The predicted molar refractivity (Wildman–Crippen MR) is 118 cm³/mol. The van der Waals surface area contributed by atoms with Crippen molar-refractivity contribution in [1.29, 1.82) is 0 Å². The maximum Gasteiger partial charge on any atom is 0.161 e. The zero-order valence-electron chi connectivity index (χ0n) is 18.5. The van der Waals surface area contributed by atoms with Crippen LogP contribution in [0.4, 0.5) is 0 Å². The zero-order chi connectivity index (χ0) is 21.0. The monoisotopic (exact) mass is 398 g/mol. The van der Waals surface area contributed by atoms with E-state index in [1.807, 2.05) is 14.1 Å². The first kappa shape index (κ1) is 21.5. The van der Waals surface area contributed by atoms with Gasteiger partial charge in [0.05, 0.1) is 20.3 Å². The van der Waals surface area contributed by atoms with Crippen molar-refractivity contribution in [3.05, 3.63) is 52.6 Å². The van der Waals surface area contributed by atoms with Crippen molar-refractivity contribution in [2.24, 2.45) is 0 Å². The first-order valence-electron chi connectivity index (χ1n) is 10.3. The van der Waals surface area contributed by atoms with E-state index in [1.165, 1.54) is 22.3 Å². The Kier molecular flexibility index (Phi) is 7.04. The van der Waals surface area contributed by atoms with Gasteiger partial charge >= 0.3 is 0 Å². The summed E-state index contributed by atoms with van der Waals surface area (Å²) in [4.78, 5) is 2.11. The van der Waals surface area contributed by atoms with Crippen molar-refractivity contribution in [3.8, 4) is 17.2 Å². The molecule has 5 nitrogen and oxygen atoms in total. The van der Waals surface area contributed by atoms with Gasteiger partial charge in [-0.2, -0.15) is 0 Å². The summed E-state index contributed by atoms with van der Waals surface area (Å²) in [7, 11) is 7.53. The van der Waals surface area contributed by atoms with Crippen LogP contribution in [0.3, 0.4) is 0 Å². The second-order valence-corrected chi connectivity index (χ2v) is 8.15. The van der Waals surface area contributed by atoms with Crippen LogP contribution >= 0.6 is 0 Å². The molecule has 158 valence electrons. The summed E-state index contributed by atoms with van der Waals surface area (Å²) < 4.78 is 17.3. The van der Waals surface area contributed by atoms with E-state index in [2.05, 4.69) is 54.4 Å². The molecule has 0 amide bonds. The maximum absolute atomic E-state index is 6.07.